The summed E-state index contributed by atoms with van der Waals surface area (Å²) < 4.78 is 0.956. The van der Waals surface area contributed by atoms with Gasteiger partial charge in [0.15, 0.2) is 0 Å². The van der Waals surface area contributed by atoms with Gasteiger partial charge in [-0.3, -0.25) is 14.4 Å². The van der Waals surface area contributed by atoms with Gasteiger partial charge in [-0.1, -0.05) is 46.3 Å². The summed E-state index contributed by atoms with van der Waals surface area (Å²) in [6.45, 7) is 1.63. The van der Waals surface area contributed by atoms with E-state index in [9.17, 15) is 14.4 Å². The molecule has 2 aliphatic heterocycles. The predicted octanol–water partition coefficient (Wildman–Crippen LogP) is 3.10. The Balaban J connectivity index is 1.36. The van der Waals surface area contributed by atoms with E-state index in [0.29, 0.717) is 25.2 Å². The molecule has 0 saturated carbocycles. The Morgan fingerprint density at radius 2 is 1.83 bits per heavy atom. The molecule has 1 atom stereocenters. The van der Waals surface area contributed by atoms with Crippen LogP contribution in [0, 0.1) is 0 Å². The standard InChI is InChI=1S/C23H24BrN3O3/c24-19-6-2-1-5-18(19)13-25-22(29)17-10-8-16(9-11-17)14-26-15-21(28)27-12-4-3-7-20(27)23(26)30/h1-2,5-6,8-11,20H,3-4,7,12-15H2,(H,25,29). The van der Waals surface area contributed by atoms with E-state index in [2.05, 4.69) is 21.2 Å². The lowest BCUT2D eigenvalue weighted by atomic mass is 9.98. The van der Waals surface area contributed by atoms with Crippen LogP contribution in [0.25, 0.3) is 0 Å². The van der Waals surface area contributed by atoms with Crippen molar-refractivity contribution in [3.8, 4) is 0 Å². The van der Waals surface area contributed by atoms with Crippen molar-refractivity contribution in [2.24, 2.45) is 0 Å². The zero-order valence-electron chi connectivity index (χ0n) is 16.6. The summed E-state index contributed by atoms with van der Waals surface area (Å²) in [5.74, 6) is -0.0914. The first-order valence-corrected chi connectivity index (χ1v) is 11.0. The van der Waals surface area contributed by atoms with E-state index in [1.54, 1.807) is 21.9 Å². The van der Waals surface area contributed by atoms with Crippen molar-refractivity contribution in [2.45, 2.75) is 38.4 Å². The molecular formula is C23H24BrN3O3. The van der Waals surface area contributed by atoms with Gasteiger partial charge in [0.1, 0.15) is 12.6 Å². The molecule has 0 aliphatic carbocycles. The molecule has 1 N–H and O–H groups in total. The molecule has 1 unspecified atom stereocenters. The van der Waals surface area contributed by atoms with Crippen molar-refractivity contribution in [1.29, 1.82) is 0 Å². The van der Waals surface area contributed by atoms with Gasteiger partial charge in [-0.15, -0.1) is 0 Å². The van der Waals surface area contributed by atoms with Crippen LogP contribution in [0.2, 0.25) is 0 Å². The highest BCUT2D eigenvalue weighted by molar-refractivity contribution is 9.10. The summed E-state index contributed by atoms with van der Waals surface area (Å²) in [6, 6.07) is 14.7. The summed E-state index contributed by atoms with van der Waals surface area (Å²) in [6.07, 6.45) is 2.70. The first-order chi connectivity index (χ1) is 14.5. The smallest absolute Gasteiger partial charge is 0.251 e. The summed E-state index contributed by atoms with van der Waals surface area (Å²) >= 11 is 3.48. The molecule has 7 heteroatoms. The molecule has 2 fully saturated rings. The number of hydrogen-bond donors (Lipinski definition) is 1. The molecule has 156 valence electrons. The molecule has 3 amide bonds. The molecule has 2 heterocycles. The highest BCUT2D eigenvalue weighted by Gasteiger charge is 2.40. The minimum atomic E-state index is -0.303. The SMILES string of the molecule is O=C(NCc1ccccc1Br)c1ccc(CN2CC(=O)N3CCCCC3C2=O)cc1. The van der Waals surface area contributed by atoms with Crippen molar-refractivity contribution >= 4 is 33.7 Å². The monoisotopic (exact) mass is 469 g/mol. The molecule has 6 nitrogen and oxygen atoms in total. The first-order valence-electron chi connectivity index (χ1n) is 10.2. The van der Waals surface area contributed by atoms with Crippen LogP contribution in [0.3, 0.4) is 0 Å². The largest absolute Gasteiger partial charge is 0.348 e. The van der Waals surface area contributed by atoms with Gasteiger partial charge < -0.3 is 15.1 Å². The van der Waals surface area contributed by atoms with Gasteiger partial charge in [-0.05, 0) is 48.6 Å². The fourth-order valence-corrected chi connectivity index (χ4v) is 4.49. The Morgan fingerprint density at radius 3 is 2.60 bits per heavy atom. The lowest BCUT2D eigenvalue weighted by Crippen LogP contribution is -2.60. The average Bonchev–Trinajstić information content (AvgIpc) is 2.77. The predicted molar refractivity (Wildman–Crippen MR) is 117 cm³/mol. The van der Waals surface area contributed by atoms with Gasteiger partial charge in [0.25, 0.3) is 5.91 Å². The maximum absolute atomic E-state index is 12.8. The molecule has 2 aliphatic rings. The van der Waals surface area contributed by atoms with Gasteiger partial charge in [0.05, 0.1) is 0 Å². The third-order valence-electron chi connectivity index (χ3n) is 5.73. The Kier molecular flexibility index (Phi) is 6.18. The first kappa shape index (κ1) is 20.6. The summed E-state index contributed by atoms with van der Waals surface area (Å²) in [5, 5.41) is 2.92. The molecule has 2 aromatic rings. The van der Waals surface area contributed by atoms with Crippen LogP contribution in [0.1, 0.15) is 40.7 Å². The van der Waals surface area contributed by atoms with Crippen molar-refractivity contribution in [3.63, 3.8) is 0 Å². The lowest BCUT2D eigenvalue weighted by Gasteiger charge is -2.42. The van der Waals surface area contributed by atoms with Crippen LogP contribution in [0.15, 0.2) is 53.0 Å². The quantitative estimate of drug-likeness (QED) is 0.731. The Bertz CT molecular complexity index is 960. The van der Waals surface area contributed by atoms with Crippen LogP contribution in [-0.4, -0.2) is 46.7 Å². The number of nitrogens with zero attached hydrogens (tertiary/aromatic N) is 2. The second-order valence-corrected chi connectivity index (χ2v) is 8.62. The van der Waals surface area contributed by atoms with Gasteiger partial charge in [0, 0.05) is 29.7 Å². The van der Waals surface area contributed by atoms with Crippen LogP contribution in [-0.2, 0) is 22.7 Å². The zero-order valence-corrected chi connectivity index (χ0v) is 18.2. The number of hydrogen-bond acceptors (Lipinski definition) is 3. The van der Waals surface area contributed by atoms with E-state index in [4.69, 9.17) is 0 Å². The van der Waals surface area contributed by atoms with E-state index in [1.165, 1.54) is 0 Å². The van der Waals surface area contributed by atoms with Crippen molar-refractivity contribution in [3.05, 3.63) is 69.7 Å². The Morgan fingerprint density at radius 1 is 1.07 bits per heavy atom. The van der Waals surface area contributed by atoms with Crippen molar-refractivity contribution < 1.29 is 14.4 Å². The maximum atomic E-state index is 12.8. The fourth-order valence-electron chi connectivity index (χ4n) is 4.06. The van der Waals surface area contributed by atoms with E-state index >= 15 is 0 Å². The number of carbonyl (C=O) groups is 3. The van der Waals surface area contributed by atoms with Gasteiger partial charge in [0.2, 0.25) is 11.8 Å². The number of piperazine rings is 1. The summed E-state index contributed by atoms with van der Waals surface area (Å²) in [4.78, 5) is 41.0. The number of amides is 3. The number of piperidine rings is 1. The van der Waals surface area contributed by atoms with E-state index < -0.39 is 0 Å². The Labute approximate surface area is 184 Å². The highest BCUT2D eigenvalue weighted by atomic mass is 79.9. The van der Waals surface area contributed by atoms with Crippen LogP contribution in [0.4, 0.5) is 0 Å². The number of halogens is 1. The van der Waals surface area contributed by atoms with Crippen LogP contribution in [0.5, 0.6) is 0 Å². The van der Waals surface area contributed by atoms with E-state index in [1.807, 2.05) is 36.4 Å². The number of carbonyl (C=O) groups excluding carboxylic acids is 3. The maximum Gasteiger partial charge on any atom is 0.251 e. The van der Waals surface area contributed by atoms with Crippen molar-refractivity contribution in [2.75, 3.05) is 13.1 Å². The number of rotatable bonds is 5. The van der Waals surface area contributed by atoms with Crippen LogP contribution < -0.4 is 5.32 Å². The van der Waals surface area contributed by atoms with Gasteiger partial charge in [-0.2, -0.15) is 0 Å². The number of fused-ring (bicyclic) bond motifs is 1. The molecular weight excluding hydrogens is 446 g/mol. The number of benzene rings is 2. The second kappa shape index (κ2) is 9.00. The molecule has 30 heavy (non-hydrogen) atoms. The molecule has 2 aromatic carbocycles. The molecule has 0 spiro atoms. The summed E-state index contributed by atoms with van der Waals surface area (Å²) in [7, 11) is 0. The average molecular weight is 470 g/mol. The highest BCUT2D eigenvalue weighted by Crippen LogP contribution is 2.24. The van der Waals surface area contributed by atoms with E-state index in [-0.39, 0.29) is 30.3 Å². The molecule has 2 saturated heterocycles. The van der Waals surface area contributed by atoms with Crippen LogP contribution >= 0.6 is 15.9 Å². The van der Waals surface area contributed by atoms with Gasteiger partial charge >= 0.3 is 0 Å². The molecule has 4 rings (SSSR count). The Hall–Kier alpha value is -2.67. The van der Waals surface area contributed by atoms with E-state index in [0.717, 1.165) is 34.9 Å². The van der Waals surface area contributed by atoms with Crippen molar-refractivity contribution in [1.82, 2.24) is 15.1 Å². The zero-order chi connectivity index (χ0) is 21.1. The topological polar surface area (TPSA) is 69.7 Å². The second-order valence-electron chi connectivity index (χ2n) is 7.76. The molecule has 0 bridgehead atoms. The molecule has 0 aromatic heterocycles. The molecule has 0 radical (unpaired) electrons. The fraction of sp³-hybridized carbons (Fsp3) is 0.348. The normalized spacial score (nSPS) is 18.9. The number of nitrogens with one attached hydrogen (secondary N) is 1. The minimum Gasteiger partial charge on any atom is -0.348 e. The third kappa shape index (κ3) is 4.41. The lowest BCUT2D eigenvalue weighted by molar-refractivity contribution is -0.158. The third-order valence-corrected chi connectivity index (χ3v) is 6.51. The van der Waals surface area contributed by atoms with Gasteiger partial charge in [-0.25, -0.2) is 0 Å². The minimum absolute atomic E-state index is 0.0300. The summed E-state index contributed by atoms with van der Waals surface area (Å²) in [5.41, 5.74) is 2.47.